The average molecular weight is 248 g/mol. The highest BCUT2D eigenvalue weighted by Crippen LogP contribution is 2.26. The maximum Gasteiger partial charge on any atom is 0.194 e. The molecule has 0 atom stereocenters. The summed E-state index contributed by atoms with van der Waals surface area (Å²) in [6, 6.07) is 5.99. The van der Waals surface area contributed by atoms with Crippen molar-refractivity contribution >= 4 is 5.78 Å². The molecule has 0 saturated carbocycles. The van der Waals surface area contributed by atoms with E-state index >= 15 is 0 Å². The van der Waals surface area contributed by atoms with Crippen molar-refractivity contribution in [1.82, 2.24) is 0 Å². The van der Waals surface area contributed by atoms with E-state index in [0.717, 1.165) is 16.7 Å². The van der Waals surface area contributed by atoms with E-state index in [1.165, 1.54) is 0 Å². The zero-order valence-corrected chi connectivity index (χ0v) is 12.2. The number of benzene rings is 1. The molecule has 0 spiro atoms. The molecule has 2 nitrogen and oxygen atoms in total. The predicted molar refractivity (Wildman–Crippen MR) is 75.2 cm³/mol. The van der Waals surface area contributed by atoms with Crippen LogP contribution in [0.1, 0.15) is 55.1 Å². The smallest absolute Gasteiger partial charge is 0.194 e. The van der Waals surface area contributed by atoms with Crippen LogP contribution in [0, 0.1) is 13.8 Å². The van der Waals surface area contributed by atoms with Gasteiger partial charge in [-0.15, -0.1) is 0 Å². The summed E-state index contributed by atoms with van der Waals surface area (Å²) in [5, 5.41) is 0. The first-order valence-electron chi connectivity index (χ1n) is 6.76. The van der Waals surface area contributed by atoms with Gasteiger partial charge in [-0.1, -0.05) is 31.0 Å². The largest absolute Gasteiger partial charge is 0.367 e. The van der Waals surface area contributed by atoms with Gasteiger partial charge in [-0.2, -0.15) is 0 Å². The van der Waals surface area contributed by atoms with Gasteiger partial charge in [0.15, 0.2) is 5.78 Å². The highest BCUT2D eigenvalue weighted by Gasteiger charge is 2.36. The lowest BCUT2D eigenvalue weighted by molar-refractivity contribution is -0.0250. The molecule has 0 amide bonds. The second-order valence-electron chi connectivity index (χ2n) is 4.84. The molecule has 0 N–H and O–H groups in total. The van der Waals surface area contributed by atoms with Crippen LogP contribution >= 0.6 is 0 Å². The lowest BCUT2D eigenvalue weighted by Gasteiger charge is -2.30. The van der Waals surface area contributed by atoms with Crippen molar-refractivity contribution in [2.45, 2.75) is 53.1 Å². The van der Waals surface area contributed by atoms with E-state index in [-0.39, 0.29) is 5.78 Å². The number of ketones is 1. The Hall–Kier alpha value is -1.15. The van der Waals surface area contributed by atoms with Gasteiger partial charge >= 0.3 is 0 Å². The molecule has 0 aliphatic carbocycles. The van der Waals surface area contributed by atoms with E-state index in [1.54, 1.807) is 0 Å². The van der Waals surface area contributed by atoms with Crippen LogP contribution in [-0.4, -0.2) is 18.0 Å². The van der Waals surface area contributed by atoms with Crippen molar-refractivity contribution in [3.05, 3.63) is 34.9 Å². The summed E-state index contributed by atoms with van der Waals surface area (Å²) in [4.78, 5) is 12.7. The van der Waals surface area contributed by atoms with Gasteiger partial charge in [-0.25, -0.2) is 0 Å². The fraction of sp³-hybridized carbons (Fsp3) is 0.562. The maximum atomic E-state index is 12.7. The van der Waals surface area contributed by atoms with Crippen molar-refractivity contribution in [2.75, 3.05) is 6.61 Å². The number of hydrogen-bond donors (Lipinski definition) is 0. The Kier molecular flexibility index (Phi) is 5.09. The molecule has 0 aliphatic rings. The molecule has 0 saturated heterocycles. The molecule has 0 heterocycles. The number of rotatable bonds is 6. The summed E-state index contributed by atoms with van der Waals surface area (Å²) in [5.41, 5.74) is 2.35. The van der Waals surface area contributed by atoms with Gasteiger partial charge in [0.25, 0.3) is 0 Å². The Morgan fingerprint density at radius 1 is 1.06 bits per heavy atom. The van der Waals surface area contributed by atoms with Crippen LogP contribution in [0.4, 0.5) is 0 Å². The number of ether oxygens (including phenoxy) is 1. The van der Waals surface area contributed by atoms with Gasteiger partial charge in [0.2, 0.25) is 0 Å². The Balaban J connectivity index is 3.16. The lowest BCUT2D eigenvalue weighted by atomic mass is 9.86. The van der Waals surface area contributed by atoms with Gasteiger partial charge in [0, 0.05) is 12.2 Å². The fourth-order valence-electron chi connectivity index (χ4n) is 2.49. The minimum atomic E-state index is -0.658. The lowest BCUT2D eigenvalue weighted by Crippen LogP contribution is -2.40. The van der Waals surface area contributed by atoms with E-state index in [2.05, 4.69) is 6.07 Å². The second kappa shape index (κ2) is 6.14. The first kappa shape index (κ1) is 14.9. The summed E-state index contributed by atoms with van der Waals surface area (Å²) in [5.74, 6) is 0.112. The van der Waals surface area contributed by atoms with Gasteiger partial charge in [-0.3, -0.25) is 4.79 Å². The standard InChI is InChI=1S/C16H24O2/c1-6-16(7-2,18-8-3)15(17)14-10-12(4)9-13(5)11-14/h9-11H,6-8H2,1-5H3. The number of carbonyl (C=O) groups is 1. The molecular formula is C16H24O2. The van der Waals surface area contributed by atoms with E-state index in [4.69, 9.17) is 4.74 Å². The minimum Gasteiger partial charge on any atom is -0.367 e. The van der Waals surface area contributed by atoms with Crippen molar-refractivity contribution < 1.29 is 9.53 Å². The number of hydrogen-bond acceptors (Lipinski definition) is 2. The molecular weight excluding hydrogens is 224 g/mol. The molecule has 18 heavy (non-hydrogen) atoms. The molecule has 1 rings (SSSR count). The molecule has 0 aliphatic heterocycles. The van der Waals surface area contributed by atoms with Crippen molar-refractivity contribution in [1.29, 1.82) is 0 Å². The first-order valence-corrected chi connectivity index (χ1v) is 6.76. The van der Waals surface area contributed by atoms with E-state index in [1.807, 2.05) is 46.8 Å². The maximum absolute atomic E-state index is 12.7. The minimum absolute atomic E-state index is 0.112. The van der Waals surface area contributed by atoms with E-state index in [9.17, 15) is 4.79 Å². The van der Waals surface area contributed by atoms with Crippen molar-refractivity contribution in [3.63, 3.8) is 0 Å². The Labute approximate surface area is 110 Å². The van der Waals surface area contributed by atoms with Crippen molar-refractivity contribution in [2.24, 2.45) is 0 Å². The quantitative estimate of drug-likeness (QED) is 0.709. The predicted octanol–water partition coefficient (Wildman–Crippen LogP) is 4.08. The highest BCUT2D eigenvalue weighted by molar-refractivity contribution is 6.02. The summed E-state index contributed by atoms with van der Waals surface area (Å²) in [6.45, 7) is 10.6. The Morgan fingerprint density at radius 3 is 1.94 bits per heavy atom. The van der Waals surface area contributed by atoms with E-state index in [0.29, 0.717) is 19.4 Å². The van der Waals surface area contributed by atoms with Gasteiger partial charge in [0.1, 0.15) is 5.60 Å². The number of carbonyl (C=O) groups excluding carboxylic acids is 1. The van der Waals surface area contributed by atoms with Gasteiger partial charge in [-0.05, 0) is 45.7 Å². The third-order valence-corrected chi connectivity index (χ3v) is 3.46. The third-order valence-electron chi connectivity index (χ3n) is 3.46. The number of aryl methyl sites for hydroxylation is 2. The summed E-state index contributed by atoms with van der Waals surface area (Å²) in [7, 11) is 0. The van der Waals surface area contributed by atoms with Crippen molar-refractivity contribution in [3.8, 4) is 0 Å². The van der Waals surface area contributed by atoms with Crippen LogP contribution in [0.25, 0.3) is 0 Å². The summed E-state index contributed by atoms with van der Waals surface area (Å²) >= 11 is 0. The van der Waals surface area contributed by atoms with Gasteiger partial charge in [0.05, 0.1) is 0 Å². The zero-order valence-electron chi connectivity index (χ0n) is 12.2. The molecule has 2 heteroatoms. The first-order chi connectivity index (χ1) is 8.49. The summed E-state index contributed by atoms with van der Waals surface area (Å²) < 4.78 is 5.77. The highest BCUT2D eigenvalue weighted by atomic mass is 16.5. The molecule has 0 aromatic heterocycles. The molecule has 1 aromatic carbocycles. The third kappa shape index (κ3) is 2.99. The zero-order chi connectivity index (χ0) is 13.8. The second-order valence-corrected chi connectivity index (χ2v) is 4.84. The van der Waals surface area contributed by atoms with Crippen LogP contribution in [-0.2, 0) is 4.74 Å². The number of Topliss-reactive ketones (excluding diaryl/α,β-unsaturated/α-hetero) is 1. The molecule has 100 valence electrons. The van der Waals surface area contributed by atoms with Crippen LogP contribution in [0.5, 0.6) is 0 Å². The molecule has 0 radical (unpaired) electrons. The fourth-order valence-corrected chi connectivity index (χ4v) is 2.49. The van der Waals surface area contributed by atoms with Crippen LogP contribution in [0.2, 0.25) is 0 Å². The van der Waals surface area contributed by atoms with E-state index < -0.39 is 5.60 Å². The monoisotopic (exact) mass is 248 g/mol. The normalized spacial score (nSPS) is 11.6. The Morgan fingerprint density at radius 2 is 1.56 bits per heavy atom. The average Bonchev–Trinajstić information content (AvgIpc) is 2.34. The molecule has 1 aromatic rings. The molecule has 0 unspecified atom stereocenters. The molecule has 0 bridgehead atoms. The van der Waals surface area contributed by atoms with Crippen LogP contribution in [0.3, 0.4) is 0 Å². The SMILES string of the molecule is CCOC(CC)(CC)C(=O)c1cc(C)cc(C)c1. The summed E-state index contributed by atoms with van der Waals surface area (Å²) in [6.07, 6.45) is 1.42. The van der Waals surface area contributed by atoms with Crippen LogP contribution in [0.15, 0.2) is 18.2 Å². The topological polar surface area (TPSA) is 26.3 Å². The Bertz CT molecular complexity index is 397. The molecule has 0 fully saturated rings. The van der Waals surface area contributed by atoms with Crippen LogP contribution < -0.4 is 0 Å². The van der Waals surface area contributed by atoms with Gasteiger partial charge < -0.3 is 4.74 Å².